The minimum absolute atomic E-state index is 0.188. The molecule has 0 heterocycles. The third kappa shape index (κ3) is 3.46. The van der Waals surface area contributed by atoms with Crippen molar-refractivity contribution in [2.45, 2.75) is 39.0 Å². The molecule has 2 rings (SSSR count). The van der Waals surface area contributed by atoms with Crippen LogP contribution in [0.3, 0.4) is 0 Å². The van der Waals surface area contributed by atoms with Gasteiger partial charge in [-0.05, 0) is 37.5 Å². The van der Waals surface area contributed by atoms with E-state index >= 15 is 0 Å². The highest BCUT2D eigenvalue weighted by Crippen LogP contribution is 2.25. The molecule has 2 nitrogen and oxygen atoms in total. The lowest BCUT2D eigenvalue weighted by Gasteiger charge is -2.20. The number of carbonyl (C=O) groups is 1. The van der Waals surface area contributed by atoms with E-state index in [2.05, 4.69) is 5.32 Å². The number of carbonyl (C=O) groups excluding carboxylic acids is 1. The molecule has 96 valence electrons. The van der Waals surface area contributed by atoms with Gasteiger partial charge in [-0.2, -0.15) is 0 Å². The van der Waals surface area contributed by atoms with Crippen LogP contribution in [0.25, 0.3) is 6.08 Å². The fourth-order valence-electron chi connectivity index (χ4n) is 2.48. The van der Waals surface area contributed by atoms with Gasteiger partial charge < -0.3 is 5.32 Å². The van der Waals surface area contributed by atoms with E-state index in [4.69, 9.17) is 0 Å². The molecule has 0 bridgehead atoms. The minimum atomic E-state index is 0.188. The van der Waals surface area contributed by atoms with E-state index in [-0.39, 0.29) is 11.8 Å². The Morgan fingerprint density at radius 1 is 1.17 bits per heavy atom. The fourth-order valence-corrected chi connectivity index (χ4v) is 2.48. The van der Waals surface area contributed by atoms with Crippen molar-refractivity contribution in [1.82, 2.24) is 0 Å². The van der Waals surface area contributed by atoms with E-state index in [0.29, 0.717) is 0 Å². The normalized spacial score (nSPS) is 16.9. The first-order chi connectivity index (χ1) is 8.79. The van der Waals surface area contributed by atoms with Gasteiger partial charge in [-0.3, -0.25) is 4.79 Å². The molecular weight excluding hydrogens is 222 g/mol. The molecule has 18 heavy (non-hydrogen) atoms. The number of anilines is 1. The Morgan fingerprint density at radius 3 is 2.44 bits per heavy atom. The largest absolute Gasteiger partial charge is 0.326 e. The van der Waals surface area contributed by atoms with Crippen LogP contribution < -0.4 is 5.32 Å². The van der Waals surface area contributed by atoms with Crippen molar-refractivity contribution in [3.8, 4) is 0 Å². The molecule has 1 aliphatic carbocycles. The average Bonchev–Trinajstić information content (AvgIpc) is 2.42. The smallest absolute Gasteiger partial charge is 0.227 e. The molecule has 0 saturated heterocycles. The molecule has 1 N–H and O–H groups in total. The third-order valence-corrected chi connectivity index (χ3v) is 3.51. The Morgan fingerprint density at radius 2 is 1.83 bits per heavy atom. The Balaban J connectivity index is 1.93. The molecular formula is C16H21NO. The number of rotatable bonds is 3. The van der Waals surface area contributed by atoms with Crippen molar-refractivity contribution in [2.75, 3.05) is 5.32 Å². The van der Waals surface area contributed by atoms with Crippen LogP contribution in [0, 0.1) is 5.92 Å². The monoisotopic (exact) mass is 243 g/mol. The summed E-state index contributed by atoms with van der Waals surface area (Å²) in [6.07, 6.45) is 9.81. The van der Waals surface area contributed by atoms with Crippen molar-refractivity contribution in [1.29, 1.82) is 0 Å². The molecule has 0 radical (unpaired) electrons. The zero-order chi connectivity index (χ0) is 12.8. The first-order valence-corrected chi connectivity index (χ1v) is 6.83. The SMILES string of the molecule is C/C=C\c1ccc(NC(=O)C2CCCCC2)cc1. The van der Waals surface area contributed by atoms with E-state index in [1.807, 2.05) is 43.3 Å². The molecule has 1 amide bonds. The molecule has 1 fully saturated rings. The highest BCUT2D eigenvalue weighted by Gasteiger charge is 2.20. The van der Waals surface area contributed by atoms with Crippen molar-refractivity contribution >= 4 is 17.7 Å². The second kappa shape index (κ2) is 6.39. The Bertz CT molecular complexity index is 413. The Kier molecular flexibility index (Phi) is 4.57. The molecule has 2 heteroatoms. The Hall–Kier alpha value is -1.57. The first kappa shape index (κ1) is 12.9. The van der Waals surface area contributed by atoms with Gasteiger partial charge in [0.2, 0.25) is 5.91 Å². The van der Waals surface area contributed by atoms with E-state index in [1.165, 1.54) is 19.3 Å². The van der Waals surface area contributed by atoms with Crippen LogP contribution in [0.4, 0.5) is 5.69 Å². The molecule has 1 aromatic carbocycles. The van der Waals surface area contributed by atoms with Gasteiger partial charge in [0.1, 0.15) is 0 Å². The Labute approximate surface area is 109 Å². The van der Waals surface area contributed by atoms with Gasteiger partial charge in [-0.15, -0.1) is 0 Å². The summed E-state index contributed by atoms with van der Waals surface area (Å²) in [5, 5.41) is 3.02. The van der Waals surface area contributed by atoms with Crippen LogP contribution in [0.5, 0.6) is 0 Å². The van der Waals surface area contributed by atoms with Gasteiger partial charge in [0.15, 0.2) is 0 Å². The first-order valence-electron chi connectivity index (χ1n) is 6.83. The van der Waals surface area contributed by atoms with Gasteiger partial charge in [0.05, 0.1) is 0 Å². The lowest BCUT2D eigenvalue weighted by atomic mass is 9.88. The second-order valence-electron chi connectivity index (χ2n) is 4.95. The van der Waals surface area contributed by atoms with Gasteiger partial charge in [-0.1, -0.05) is 43.5 Å². The minimum Gasteiger partial charge on any atom is -0.326 e. The van der Waals surface area contributed by atoms with Gasteiger partial charge in [0, 0.05) is 11.6 Å². The van der Waals surface area contributed by atoms with Gasteiger partial charge in [-0.25, -0.2) is 0 Å². The van der Waals surface area contributed by atoms with Crippen molar-refractivity contribution in [3.63, 3.8) is 0 Å². The molecule has 1 aliphatic rings. The summed E-state index contributed by atoms with van der Waals surface area (Å²) in [4.78, 5) is 12.1. The average molecular weight is 243 g/mol. The summed E-state index contributed by atoms with van der Waals surface area (Å²) in [6.45, 7) is 2.00. The summed E-state index contributed by atoms with van der Waals surface area (Å²) >= 11 is 0. The van der Waals surface area contributed by atoms with E-state index < -0.39 is 0 Å². The number of allylic oxidation sites excluding steroid dienone is 1. The molecule has 0 unspecified atom stereocenters. The summed E-state index contributed by atoms with van der Waals surface area (Å²) in [6, 6.07) is 7.99. The highest BCUT2D eigenvalue weighted by molar-refractivity contribution is 5.92. The summed E-state index contributed by atoms with van der Waals surface area (Å²) in [5.74, 6) is 0.405. The van der Waals surface area contributed by atoms with Gasteiger partial charge in [0.25, 0.3) is 0 Å². The second-order valence-corrected chi connectivity index (χ2v) is 4.95. The zero-order valence-corrected chi connectivity index (χ0v) is 11.0. The molecule has 1 aromatic rings. The van der Waals surface area contributed by atoms with Crippen LogP contribution in [-0.2, 0) is 4.79 Å². The predicted molar refractivity (Wildman–Crippen MR) is 76.4 cm³/mol. The number of nitrogens with one attached hydrogen (secondary N) is 1. The quantitative estimate of drug-likeness (QED) is 0.845. The van der Waals surface area contributed by atoms with Crippen LogP contribution in [0.1, 0.15) is 44.6 Å². The maximum atomic E-state index is 12.1. The number of amides is 1. The lowest BCUT2D eigenvalue weighted by Crippen LogP contribution is -2.24. The van der Waals surface area contributed by atoms with Gasteiger partial charge >= 0.3 is 0 Å². The summed E-state index contributed by atoms with van der Waals surface area (Å²) < 4.78 is 0. The maximum absolute atomic E-state index is 12.1. The zero-order valence-electron chi connectivity index (χ0n) is 11.0. The highest BCUT2D eigenvalue weighted by atomic mass is 16.1. The molecule has 0 atom stereocenters. The molecule has 0 aromatic heterocycles. The van der Waals surface area contributed by atoms with E-state index in [1.54, 1.807) is 0 Å². The molecule has 1 saturated carbocycles. The van der Waals surface area contributed by atoms with Crippen LogP contribution in [0.2, 0.25) is 0 Å². The fraction of sp³-hybridized carbons (Fsp3) is 0.438. The van der Waals surface area contributed by atoms with E-state index in [0.717, 1.165) is 24.1 Å². The lowest BCUT2D eigenvalue weighted by molar-refractivity contribution is -0.120. The van der Waals surface area contributed by atoms with Crippen LogP contribution in [0.15, 0.2) is 30.3 Å². The summed E-state index contributed by atoms with van der Waals surface area (Å²) in [5.41, 5.74) is 2.06. The number of hydrogen-bond donors (Lipinski definition) is 1. The van der Waals surface area contributed by atoms with Crippen molar-refractivity contribution in [3.05, 3.63) is 35.9 Å². The van der Waals surface area contributed by atoms with Crippen LogP contribution in [-0.4, -0.2) is 5.91 Å². The summed E-state index contributed by atoms with van der Waals surface area (Å²) in [7, 11) is 0. The predicted octanol–water partition coefficient (Wildman–Crippen LogP) is 4.24. The number of benzene rings is 1. The van der Waals surface area contributed by atoms with Crippen molar-refractivity contribution in [2.24, 2.45) is 5.92 Å². The van der Waals surface area contributed by atoms with Crippen molar-refractivity contribution < 1.29 is 4.79 Å². The maximum Gasteiger partial charge on any atom is 0.227 e. The standard InChI is InChI=1S/C16H21NO/c1-2-6-13-9-11-15(12-10-13)17-16(18)14-7-4-3-5-8-14/h2,6,9-12,14H,3-5,7-8H2,1H3,(H,17,18)/b6-2-. The van der Waals surface area contributed by atoms with E-state index in [9.17, 15) is 4.79 Å². The van der Waals surface area contributed by atoms with Crippen LogP contribution >= 0.6 is 0 Å². The molecule has 0 spiro atoms. The topological polar surface area (TPSA) is 29.1 Å². The third-order valence-electron chi connectivity index (χ3n) is 3.51. The number of hydrogen-bond acceptors (Lipinski definition) is 1. The molecule has 0 aliphatic heterocycles.